The SMILES string of the molecule is CCC(OCc1ccco1)C(=O)O. The van der Waals surface area contributed by atoms with Gasteiger partial charge in [0, 0.05) is 0 Å². The predicted octanol–water partition coefficient (Wildman–Crippen LogP) is 1.66. The molecule has 1 N–H and O–H groups in total. The maximum absolute atomic E-state index is 10.5. The monoisotopic (exact) mass is 184 g/mol. The molecule has 0 aliphatic rings. The molecule has 1 aromatic rings. The molecule has 4 heteroatoms. The molecule has 1 unspecified atom stereocenters. The van der Waals surface area contributed by atoms with E-state index >= 15 is 0 Å². The molecule has 0 spiro atoms. The fraction of sp³-hybridized carbons (Fsp3) is 0.444. The Labute approximate surface area is 76.1 Å². The Morgan fingerprint density at radius 3 is 3.00 bits per heavy atom. The van der Waals surface area contributed by atoms with Gasteiger partial charge in [-0.25, -0.2) is 4.79 Å². The zero-order valence-electron chi connectivity index (χ0n) is 7.40. The van der Waals surface area contributed by atoms with Gasteiger partial charge in [-0.3, -0.25) is 0 Å². The van der Waals surface area contributed by atoms with Crippen LogP contribution in [0.3, 0.4) is 0 Å². The summed E-state index contributed by atoms with van der Waals surface area (Å²) >= 11 is 0. The molecule has 0 radical (unpaired) electrons. The molecule has 13 heavy (non-hydrogen) atoms. The lowest BCUT2D eigenvalue weighted by atomic mass is 10.3. The quantitative estimate of drug-likeness (QED) is 0.756. The van der Waals surface area contributed by atoms with E-state index in [0.29, 0.717) is 12.2 Å². The highest BCUT2D eigenvalue weighted by Crippen LogP contribution is 2.06. The van der Waals surface area contributed by atoms with Crippen molar-refractivity contribution in [3.05, 3.63) is 24.2 Å². The third-order valence-electron chi connectivity index (χ3n) is 1.65. The van der Waals surface area contributed by atoms with Crippen LogP contribution in [0.25, 0.3) is 0 Å². The fourth-order valence-corrected chi connectivity index (χ4v) is 0.941. The summed E-state index contributed by atoms with van der Waals surface area (Å²) < 4.78 is 10.1. The molecule has 1 heterocycles. The number of furan rings is 1. The molecule has 0 aromatic carbocycles. The minimum absolute atomic E-state index is 0.206. The number of carbonyl (C=O) groups is 1. The van der Waals surface area contributed by atoms with Crippen molar-refractivity contribution < 1.29 is 19.1 Å². The van der Waals surface area contributed by atoms with E-state index in [9.17, 15) is 4.79 Å². The molecule has 0 bridgehead atoms. The lowest BCUT2D eigenvalue weighted by molar-refractivity contribution is -0.151. The zero-order valence-corrected chi connectivity index (χ0v) is 7.40. The van der Waals surface area contributed by atoms with Gasteiger partial charge in [0.25, 0.3) is 0 Å². The molecule has 1 atom stereocenters. The lowest BCUT2D eigenvalue weighted by Gasteiger charge is -2.09. The predicted molar refractivity (Wildman–Crippen MR) is 45.2 cm³/mol. The van der Waals surface area contributed by atoms with E-state index in [1.165, 1.54) is 6.26 Å². The van der Waals surface area contributed by atoms with Crippen LogP contribution < -0.4 is 0 Å². The van der Waals surface area contributed by atoms with Gasteiger partial charge in [0.05, 0.1) is 6.26 Å². The smallest absolute Gasteiger partial charge is 0.332 e. The first-order valence-electron chi connectivity index (χ1n) is 4.10. The van der Waals surface area contributed by atoms with Crippen molar-refractivity contribution in [1.82, 2.24) is 0 Å². The Bertz CT molecular complexity index is 253. The van der Waals surface area contributed by atoms with Gasteiger partial charge in [-0.2, -0.15) is 0 Å². The third-order valence-corrected chi connectivity index (χ3v) is 1.65. The summed E-state index contributed by atoms with van der Waals surface area (Å²) in [6.45, 7) is 1.97. The van der Waals surface area contributed by atoms with Crippen LogP contribution in [0.2, 0.25) is 0 Å². The van der Waals surface area contributed by atoms with Crippen molar-refractivity contribution in [1.29, 1.82) is 0 Å². The summed E-state index contributed by atoms with van der Waals surface area (Å²) in [6, 6.07) is 3.48. The number of aliphatic carboxylic acids is 1. The van der Waals surface area contributed by atoms with E-state index in [1.54, 1.807) is 19.1 Å². The lowest BCUT2D eigenvalue weighted by Crippen LogP contribution is -2.22. The van der Waals surface area contributed by atoms with Crippen LogP contribution in [0.1, 0.15) is 19.1 Å². The number of carboxylic acid groups (broad SMARTS) is 1. The van der Waals surface area contributed by atoms with Crippen LogP contribution in [-0.2, 0) is 16.1 Å². The third kappa shape index (κ3) is 2.91. The highest BCUT2D eigenvalue weighted by Gasteiger charge is 2.15. The number of rotatable bonds is 5. The first-order chi connectivity index (χ1) is 6.24. The second-order valence-electron chi connectivity index (χ2n) is 2.63. The molecule has 0 aliphatic heterocycles. The van der Waals surface area contributed by atoms with Crippen LogP contribution in [0, 0.1) is 0 Å². The van der Waals surface area contributed by atoms with Crippen molar-refractivity contribution in [2.24, 2.45) is 0 Å². The molecule has 0 amide bonds. The van der Waals surface area contributed by atoms with Crippen molar-refractivity contribution in [3.63, 3.8) is 0 Å². The Morgan fingerprint density at radius 1 is 1.77 bits per heavy atom. The van der Waals surface area contributed by atoms with Gasteiger partial charge in [-0.15, -0.1) is 0 Å². The zero-order chi connectivity index (χ0) is 9.68. The molecule has 0 saturated heterocycles. The second kappa shape index (κ2) is 4.67. The van der Waals surface area contributed by atoms with Gasteiger partial charge in [0.15, 0.2) is 6.10 Å². The van der Waals surface area contributed by atoms with Crippen LogP contribution in [0.15, 0.2) is 22.8 Å². The van der Waals surface area contributed by atoms with Gasteiger partial charge in [-0.05, 0) is 18.6 Å². The van der Waals surface area contributed by atoms with E-state index < -0.39 is 12.1 Å². The minimum atomic E-state index is -0.936. The van der Waals surface area contributed by atoms with Crippen molar-refractivity contribution >= 4 is 5.97 Å². The summed E-state index contributed by atoms with van der Waals surface area (Å²) in [7, 11) is 0. The Hall–Kier alpha value is -1.29. The molecular weight excluding hydrogens is 172 g/mol. The Morgan fingerprint density at radius 2 is 2.54 bits per heavy atom. The van der Waals surface area contributed by atoms with Crippen LogP contribution in [0.4, 0.5) is 0 Å². The number of carboxylic acids is 1. The summed E-state index contributed by atoms with van der Waals surface area (Å²) in [6.07, 6.45) is 1.24. The molecule has 4 nitrogen and oxygen atoms in total. The largest absolute Gasteiger partial charge is 0.479 e. The first kappa shape index (κ1) is 9.80. The molecule has 0 aliphatic carbocycles. The van der Waals surface area contributed by atoms with Gasteiger partial charge in [0.1, 0.15) is 12.4 Å². The van der Waals surface area contributed by atoms with Crippen LogP contribution in [-0.4, -0.2) is 17.2 Å². The highest BCUT2D eigenvalue weighted by atomic mass is 16.5. The Balaban J connectivity index is 2.36. The van der Waals surface area contributed by atoms with E-state index in [2.05, 4.69) is 0 Å². The van der Waals surface area contributed by atoms with Crippen LogP contribution in [0.5, 0.6) is 0 Å². The minimum Gasteiger partial charge on any atom is -0.479 e. The number of ether oxygens (including phenoxy) is 1. The average molecular weight is 184 g/mol. The molecule has 0 fully saturated rings. The molecule has 72 valence electrons. The standard InChI is InChI=1S/C9H12O4/c1-2-8(9(10)11)13-6-7-4-3-5-12-7/h3-5,8H,2,6H2,1H3,(H,10,11). The molecule has 0 saturated carbocycles. The second-order valence-corrected chi connectivity index (χ2v) is 2.63. The maximum atomic E-state index is 10.5. The summed E-state index contributed by atoms with van der Waals surface area (Å²) in [4.78, 5) is 10.5. The van der Waals surface area contributed by atoms with Crippen molar-refractivity contribution in [3.8, 4) is 0 Å². The van der Waals surface area contributed by atoms with Gasteiger partial charge in [-0.1, -0.05) is 6.92 Å². The summed E-state index contributed by atoms with van der Waals surface area (Å²) in [5, 5.41) is 8.65. The van der Waals surface area contributed by atoms with E-state index in [4.69, 9.17) is 14.3 Å². The highest BCUT2D eigenvalue weighted by molar-refractivity contribution is 5.72. The van der Waals surface area contributed by atoms with Gasteiger partial charge in [0.2, 0.25) is 0 Å². The van der Waals surface area contributed by atoms with E-state index in [-0.39, 0.29) is 6.61 Å². The van der Waals surface area contributed by atoms with E-state index in [1.807, 2.05) is 0 Å². The van der Waals surface area contributed by atoms with E-state index in [0.717, 1.165) is 0 Å². The molecule has 1 rings (SSSR count). The molecular formula is C9H12O4. The van der Waals surface area contributed by atoms with Gasteiger partial charge >= 0.3 is 5.97 Å². The summed E-state index contributed by atoms with van der Waals surface area (Å²) in [5.74, 6) is -0.297. The fourth-order valence-electron chi connectivity index (χ4n) is 0.941. The first-order valence-corrected chi connectivity index (χ1v) is 4.10. The normalized spacial score (nSPS) is 12.7. The average Bonchev–Trinajstić information content (AvgIpc) is 2.57. The topological polar surface area (TPSA) is 59.7 Å². The van der Waals surface area contributed by atoms with Crippen LogP contribution >= 0.6 is 0 Å². The number of hydrogen-bond acceptors (Lipinski definition) is 3. The molecule has 1 aromatic heterocycles. The number of hydrogen-bond donors (Lipinski definition) is 1. The van der Waals surface area contributed by atoms with Crippen molar-refractivity contribution in [2.45, 2.75) is 26.1 Å². The summed E-state index contributed by atoms with van der Waals surface area (Å²) in [5.41, 5.74) is 0. The Kier molecular flexibility index (Phi) is 3.52. The van der Waals surface area contributed by atoms with Crippen molar-refractivity contribution in [2.75, 3.05) is 0 Å². The maximum Gasteiger partial charge on any atom is 0.332 e. The van der Waals surface area contributed by atoms with Gasteiger partial charge < -0.3 is 14.3 Å².